The van der Waals surface area contributed by atoms with E-state index in [1.165, 1.54) is 0 Å². The molecule has 70 valence electrons. The third-order valence-corrected chi connectivity index (χ3v) is 3.69. The molecule has 1 aliphatic rings. The summed E-state index contributed by atoms with van der Waals surface area (Å²) in [6.07, 6.45) is 2.85. The molecule has 0 amide bonds. The van der Waals surface area contributed by atoms with Gasteiger partial charge in [-0.05, 0) is 24.2 Å². The predicted molar refractivity (Wildman–Crippen MR) is 54.5 cm³/mol. The Labute approximate surface area is 83.0 Å². The first-order valence-electron chi connectivity index (χ1n) is 4.58. The van der Waals surface area contributed by atoms with Crippen molar-refractivity contribution in [2.75, 3.05) is 0 Å². The van der Waals surface area contributed by atoms with Crippen LogP contribution in [0.1, 0.15) is 40.0 Å². The van der Waals surface area contributed by atoms with E-state index in [1.807, 2.05) is 0 Å². The number of ketones is 1. The molecule has 0 spiro atoms. The average Bonchev–Trinajstić information content (AvgIpc) is 1.92. The first-order chi connectivity index (χ1) is 5.41. The van der Waals surface area contributed by atoms with E-state index >= 15 is 0 Å². The van der Waals surface area contributed by atoms with Crippen molar-refractivity contribution in [1.29, 1.82) is 0 Å². The molecule has 0 heterocycles. The van der Waals surface area contributed by atoms with Crippen LogP contribution in [-0.4, -0.2) is 10.6 Å². The summed E-state index contributed by atoms with van der Waals surface area (Å²) in [6, 6.07) is 0. The Morgan fingerprint density at radius 2 is 2.00 bits per heavy atom. The van der Waals surface area contributed by atoms with Gasteiger partial charge in [-0.2, -0.15) is 0 Å². The fourth-order valence-electron chi connectivity index (χ4n) is 1.76. The van der Waals surface area contributed by atoms with E-state index in [4.69, 9.17) is 0 Å². The predicted octanol–water partition coefficient (Wildman–Crippen LogP) is 3.17. The van der Waals surface area contributed by atoms with E-state index in [0.717, 1.165) is 19.3 Å². The lowest BCUT2D eigenvalue weighted by Crippen LogP contribution is -2.32. The second kappa shape index (κ2) is 3.49. The van der Waals surface area contributed by atoms with Crippen LogP contribution in [0.2, 0.25) is 0 Å². The van der Waals surface area contributed by atoms with Crippen LogP contribution >= 0.6 is 15.9 Å². The van der Waals surface area contributed by atoms with Crippen molar-refractivity contribution >= 4 is 21.7 Å². The van der Waals surface area contributed by atoms with Crippen molar-refractivity contribution in [3.63, 3.8) is 0 Å². The summed E-state index contributed by atoms with van der Waals surface area (Å²) < 4.78 is 0. The molecule has 0 aromatic heterocycles. The van der Waals surface area contributed by atoms with Crippen LogP contribution in [0.4, 0.5) is 0 Å². The van der Waals surface area contributed by atoms with Gasteiger partial charge in [-0.15, -0.1) is 0 Å². The molecule has 1 aliphatic carbocycles. The van der Waals surface area contributed by atoms with Gasteiger partial charge >= 0.3 is 0 Å². The van der Waals surface area contributed by atoms with E-state index in [9.17, 15) is 4.79 Å². The molecule has 1 nitrogen and oxygen atoms in total. The second-order valence-corrected chi connectivity index (χ2v) is 5.88. The van der Waals surface area contributed by atoms with Gasteiger partial charge in [0.05, 0.1) is 4.83 Å². The average molecular weight is 233 g/mol. The van der Waals surface area contributed by atoms with Crippen LogP contribution < -0.4 is 0 Å². The Morgan fingerprint density at radius 1 is 1.42 bits per heavy atom. The van der Waals surface area contributed by atoms with Crippen LogP contribution in [0.3, 0.4) is 0 Å². The molecule has 0 aromatic rings. The maximum Gasteiger partial charge on any atom is 0.146 e. The molecule has 2 atom stereocenters. The van der Waals surface area contributed by atoms with Crippen LogP contribution in [0, 0.1) is 11.3 Å². The molecule has 0 aliphatic heterocycles. The van der Waals surface area contributed by atoms with Crippen molar-refractivity contribution in [2.45, 2.75) is 44.9 Å². The van der Waals surface area contributed by atoms with Gasteiger partial charge in [-0.25, -0.2) is 0 Å². The van der Waals surface area contributed by atoms with Crippen molar-refractivity contribution in [2.24, 2.45) is 11.3 Å². The van der Waals surface area contributed by atoms with Crippen LogP contribution in [0.5, 0.6) is 0 Å². The number of hydrogen-bond donors (Lipinski definition) is 0. The zero-order valence-corrected chi connectivity index (χ0v) is 9.65. The molecule has 1 unspecified atom stereocenters. The van der Waals surface area contributed by atoms with E-state index in [0.29, 0.717) is 17.1 Å². The summed E-state index contributed by atoms with van der Waals surface area (Å²) >= 11 is 3.44. The van der Waals surface area contributed by atoms with Gasteiger partial charge in [-0.3, -0.25) is 4.79 Å². The summed E-state index contributed by atoms with van der Waals surface area (Å²) in [5.74, 6) is 1.08. The Morgan fingerprint density at radius 3 is 2.42 bits per heavy atom. The molecule has 12 heavy (non-hydrogen) atoms. The lowest BCUT2D eigenvalue weighted by Gasteiger charge is -2.35. The third kappa shape index (κ3) is 2.32. The topological polar surface area (TPSA) is 17.1 Å². The maximum atomic E-state index is 11.2. The standard InChI is InChI=1S/C10H17BrO/c1-10(2,3)7-4-5-9(12)8(11)6-7/h7-8H,4-6H2,1-3H3/t7-,8?/m1/s1. The Kier molecular flexibility index (Phi) is 2.97. The van der Waals surface area contributed by atoms with Crippen LogP contribution in [0.15, 0.2) is 0 Å². The SMILES string of the molecule is CC(C)(C)[C@@H]1CCC(=O)C(Br)C1. The Hall–Kier alpha value is 0.150. The molecule has 1 fully saturated rings. The second-order valence-electron chi connectivity index (χ2n) is 4.77. The van der Waals surface area contributed by atoms with Gasteiger partial charge < -0.3 is 0 Å². The molecule has 0 radical (unpaired) electrons. The number of carbonyl (C=O) groups is 1. The molecule has 0 bridgehead atoms. The quantitative estimate of drug-likeness (QED) is 0.587. The minimum absolute atomic E-state index is 0.121. The molecule has 0 saturated heterocycles. The molecule has 2 heteroatoms. The van der Waals surface area contributed by atoms with Crippen molar-refractivity contribution in [3.8, 4) is 0 Å². The summed E-state index contributed by atoms with van der Waals surface area (Å²) in [5.41, 5.74) is 0.354. The number of alkyl halides is 1. The van der Waals surface area contributed by atoms with E-state index in [2.05, 4.69) is 36.7 Å². The lowest BCUT2D eigenvalue weighted by atomic mass is 9.72. The highest BCUT2D eigenvalue weighted by Crippen LogP contribution is 2.38. The van der Waals surface area contributed by atoms with Gasteiger partial charge in [-0.1, -0.05) is 36.7 Å². The normalized spacial score (nSPS) is 32.2. The zero-order valence-electron chi connectivity index (χ0n) is 8.06. The van der Waals surface area contributed by atoms with Gasteiger partial charge in [0.1, 0.15) is 5.78 Å². The van der Waals surface area contributed by atoms with Gasteiger partial charge in [0.25, 0.3) is 0 Å². The molecular formula is C10H17BrO. The van der Waals surface area contributed by atoms with E-state index < -0.39 is 0 Å². The monoisotopic (exact) mass is 232 g/mol. The number of Topliss-reactive ketones (excluding diaryl/α,β-unsaturated/α-hetero) is 1. The number of carbonyl (C=O) groups excluding carboxylic acids is 1. The fraction of sp³-hybridized carbons (Fsp3) is 0.900. The minimum atomic E-state index is 0.121. The summed E-state index contributed by atoms with van der Waals surface area (Å²) in [7, 11) is 0. The van der Waals surface area contributed by atoms with Gasteiger partial charge in [0.2, 0.25) is 0 Å². The van der Waals surface area contributed by atoms with E-state index in [-0.39, 0.29) is 4.83 Å². The largest absolute Gasteiger partial charge is 0.298 e. The first kappa shape index (κ1) is 10.2. The summed E-state index contributed by atoms with van der Waals surface area (Å²) in [6.45, 7) is 6.77. The van der Waals surface area contributed by atoms with Crippen molar-refractivity contribution in [3.05, 3.63) is 0 Å². The number of halogens is 1. The highest BCUT2D eigenvalue weighted by molar-refractivity contribution is 9.10. The Balaban J connectivity index is 2.57. The lowest BCUT2D eigenvalue weighted by molar-refractivity contribution is -0.120. The van der Waals surface area contributed by atoms with Gasteiger partial charge in [0.15, 0.2) is 0 Å². The first-order valence-corrected chi connectivity index (χ1v) is 5.49. The minimum Gasteiger partial charge on any atom is -0.298 e. The number of hydrogen-bond acceptors (Lipinski definition) is 1. The van der Waals surface area contributed by atoms with Crippen molar-refractivity contribution < 1.29 is 4.79 Å². The zero-order chi connectivity index (χ0) is 9.35. The van der Waals surface area contributed by atoms with Crippen LogP contribution in [-0.2, 0) is 4.79 Å². The summed E-state index contributed by atoms with van der Waals surface area (Å²) in [5, 5.41) is 0. The van der Waals surface area contributed by atoms with Crippen molar-refractivity contribution in [1.82, 2.24) is 0 Å². The Bertz CT molecular complexity index is 181. The third-order valence-electron chi connectivity index (χ3n) is 2.80. The molecule has 1 rings (SSSR count). The van der Waals surface area contributed by atoms with E-state index in [1.54, 1.807) is 0 Å². The highest BCUT2D eigenvalue weighted by Gasteiger charge is 2.33. The molecule has 0 aromatic carbocycles. The smallest absolute Gasteiger partial charge is 0.146 e. The van der Waals surface area contributed by atoms with Gasteiger partial charge in [0, 0.05) is 6.42 Å². The molecule has 0 N–H and O–H groups in total. The fourth-order valence-corrected chi connectivity index (χ4v) is 2.44. The van der Waals surface area contributed by atoms with Crippen LogP contribution in [0.25, 0.3) is 0 Å². The highest BCUT2D eigenvalue weighted by atomic mass is 79.9. The maximum absolute atomic E-state index is 11.2. The molecule has 1 saturated carbocycles. The number of rotatable bonds is 0. The molecular weight excluding hydrogens is 216 g/mol. The summed E-state index contributed by atoms with van der Waals surface area (Å²) in [4.78, 5) is 11.3.